The first-order valence-corrected chi connectivity index (χ1v) is 11.0. The maximum atomic E-state index is 12.9. The lowest BCUT2D eigenvalue weighted by Crippen LogP contribution is -2.45. The van der Waals surface area contributed by atoms with Gasteiger partial charge in [0, 0.05) is 37.8 Å². The Hall–Kier alpha value is -2.97. The van der Waals surface area contributed by atoms with E-state index in [0.717, 1.165) is 38.5 Å². The summed E-state index contributed by atoms with van der Waals surface area (Å²) in [5, 5.41) is 16.6. The molecule has 0 saturated carbocycles. The Balaban J connectivity index is 1.66. The molecular weight excluding hydrogens is 432 g/mol. The maximum Gasteiger partial charge on any atom is 0.270 e. The van der Waals surface area contributed by atoms with Crippen molar-refractivity contribution in [3.05, 3.63) is 68.7 Å². The Morgan fingerprint density at radius 2 is 1.81 bits per heavy atom. The van der Waals surface area contributed by atoms with Crippen molar-refractivity contribution in [2.45, 2.75) is 32.7 Å². The summed E-state index contributed by atoms with van der Waals surface area (Å²) in [6, 6.07) is 10.4. The fraction of sp³-hybridized carbons (Fsp3) is 0.391. The standard InChI is InChI=1S/C23H27ClN4O4/c1-15(2)14-27-11-9-16(10-12-27)25-23(30)19-5-3-4-6-21(19)26-22(29)18-8-7-17(28(31)32)13-20(18)24/h3-8,13,15-16H,9-12,14H2,1-2H3,(H,25,30)(H,26,29). The minimum atomic E-state index is -0.583. The van der Waals surface area contributed by atoms with Gasteiger partial charge in [-0.2, -0.15) is 0 Å². The molecule has 0 radical (unpaired) electrons. The average Bonchev–Trinajstić information content (AvgIpc) is 2.74. The van der Waals surface area contributed by atoms with Crippen LogP contribution in [0.25, 0.3) is 0 Å². The molecule has 1 heterocycles. The summed E-state index contributed by atoms with van der Waals surface area (Å²) in [6.45, 7) is 7.34. The average molecular weight is 459 g/mol. The molecular formula is C23H27ClN4O4. The third-order valence-electron chi connectivity index (χ3n) is 5.37. The van der Waals surface area contributed by atoms with Crippen molar-refractivity contribution in [1.29, 1.82) is 0 Å². The number of non-ortho nitro benzene ring substituents is 1. The summed E-state index contributed by atoms with van der Waals surface area (Å²) in [6.07, 6.45) is 1.76. The van der Waals surface area contributed by atoms with Crippen LogP contribution in [0.5, 0.6) is 0 Å². The van der Waals surface area contributed by atoms with Crippen LogP contribution in [0.4, 0.5) is 11.4 Å². The number of rotatable bonds is 7. The molecule has 0 spiro atoms. The number of piperidine rings is 1. The molecule has 2 aromatic carbocycles. The fourth-order valence-corrected chi connectivity index (χ4v) is 4.08. The van der Waals surface area contributed by atoms with Gasteiger partial charge in [-0.1, -0.05) is 37.6 Å². The third-order valence-corrected chi connectivity index (χ3v) is 5.69. The van der Waals surface area contributed by atoms with Gasteiger partial charge in [0.25, 0.3) is 17.5 Å². The van der Waals surface area contributed by atoms with Gasteiger partial charge >= 0.3 is 0 Å². The van der Waals surface area contributed by atoms with E-state index in [1.165, 1.54) is 12.1 Å². The predicted molar refractivity (Wildman–Crippen MR) is 124 cm³/mol. The minimum absolute atomic E-state index is 0.0354. The van der Waals surface area contributed by atoms with Crippen molar-refractivity contribution in [2.75, 3.05) is 25.0 Å². The van der Waals surface area contributed by atoms with Gasteiger partial charge in [0.05, 0.1) is 26.8 Å². The number of nitro groups is 1. The van der Waals surface area contributed by atoms with Crippen molar-refractivity contribution >= 4 is 34.8 Å². The van der Waals surface area contributed by atoms with Gasteiger partial charge < -0.3 is 15.5 Å². The van der Waals surface area contributed by atoms with E-state index < -0.39 is 10.8 Å². The number of halogens is 1. The molecule has 0 aliphatic carbocycles. The summed E-state index contributed by atoms with van der Waals surface area (Å²) >= 11 is 6.06. The van der Waals surface area contributed by atoms with Gasteiger partial charge in [0.15, 0.2) is 0 Å². The number of amides is 2. The molecule has 1 aliphatic rings. The van der Waals surface area contributed by atoms with Crippen LogP contribution in [0.2, 0.25) is 5.02 Å². The normalized spacial score (nSPS) is 14.9. The van der Waals surface area contributed by atoms with Gasteiger partial charge in [-0.15, -0.1) is 0 Å². The molecule has 0 atom stereocenters. The highest BCUT2D eigenvalue weighted by molar-refractivity contribution is 6.34. The number of anilines is 1. The second-order valence-corrected chi connectivity index (χ2v) is 8.77. The number of hydrogen-bond acceptors (Lipinski definition) is 5. The molecule has 0 aromatic heterocycles. The molecule has 2 amide bonds. The zero-order valence-electron chi connectivity index (χ0n) is 18.1. The highest BCUT2D eigenvalue weighted by Crippen LogP contribution is 2.24. The Kier molecular flexibility index (Phi) is 7.82. The topological polar surface area (TPSA) is 105 Å². The van der Waals surface area contributed by atoms with E-state index in [2.05, 4.69) is 29.4 Å². The minimum Gasteiger partial charge on any atom is -0.349 e. The smallest absolute Gasteiger partial charge is 0.270 e. The summed E-state index contributed by atoms with van der Waals surface area (Å²) in [4.78, 5) is 38.3. The molecule has 8 nitrogen and oxygen atoms in total. The fourth-order valence-electron chi connectivity index (χ4n) is 3.82. The molecule has 170 valence electrons. The van der Waals surface area contributed by atoms with Gasteiger partial charge in [0.1, 0.15) is 0 Å². The van der Waals surface area contributed by atoms with E-state index in [0.29, 0.717) is 17.2 Å². The number of carbonyl (C=O) groups excluding carboxylic acids is 2. The lowest BCUT2D eigenvalue weighted by Gasteiger charge is -2.33. The second-order valence-electron chi connectivity index (χ2n) is 8.36. The number of nitrogens with zero attached hydrogens (tertiary/aromatic N) is 2. The number of likely N-dealkylation sites (tertiary alicyclic amines) is 1. The maximum absolute atomic E-state index is 12.9. The number of para-hydroxylation sites is 1. The van der Waals surface area contributed by atoms with Crippen LogP contribution in [-0.4, -0.2) is 47.3 Å². The zero-order chi connectivity index (χ0) is 23.3. The summed E-state index contributed by atoms with van der Waals surface area (Å²) in [7, 11) is 0. The Morgan fingerprint density at radius 3 is 2.44 bits per heavy atom. The van der Waals surface area contributed by atoms with Gasteiger partial charge in [0.2, 0.25) is 0 Å². The first kappa shape index (κ1) is 23.7. The molecule has 0 bridgehead atoms. The molecule has 32 heavy (non-hydrogen) atoms. The highest BCUT2D eigenvalue weighted by Gasteiger charge is 2.23. The van der Waals surface area contributed by atoms with Gasteiger partial charge in [-0.05, 0) is 37.0 Å². The summed E-state index contributed by atoms with van der Waals surface area (Å²) in [5.74, 6) is -0.189. The first-order chi connectivity index (χ1) is 15.2. The van der Waals surface area contributed by atoms with Crippen LogP contribution in [0.3, 0.4) is 0 Å². The van der Waals surface area contributed by atoms with E-state index in [4.69, 9.17) is 11.6 Å². The number of carbonyl (C=O) groups is 2. The molecule has 3 rings (SSSR count). The van der Waals surface area contributed by atoms with Gasteiger partial charge in [-0.25, -0.2) is 0 Å². The molecule has 2 aromatic rings. The van der Waals surface area contributed by atoms with Crippen LogP contribution in [0, 0.1) is 16.0 Å². The molecule has 2 N–H and O–H groups in total. The van der Waals surface area contributed by atoms with Crippen molar-refractivity contribution in [2.24, 2.45) is 5.92 Å². The lowest BCUT2D eigenvalue weighted by atomic mass is 10.0. The highest BCUT2D eigenvalue weighted by atomic mass is 35.5. The molecule has 1 saturated heterocycles. The second kappa shape index (κ2) is 10.6. The number of nitrogens with one attached hydrogen (secondary N) is 2. The third kappa shape index (κ3) is 6.05. The van der Waals surface area contributed by atoms with Crippen molar-refractivity contribution in [1.82, 2.24) is 10.2 Å². The monoisotopic (exact) mass is 458 g/mol. The van der Waals surface area contributed by atoms with E-state index in [9.17, 15) is 19.7 Å². The summed E-state index contributed by atoms with van der Waals surface area (Å²) in [5.41, 5.74) is 0.584. The molecule has 9 heteroatoms. The van der Waals surface area contributed by atoms with Crippen LogP contribution < -0.4 is 10.6 Å². The van der Waals surface area contributed by atoms with Crippen LogP contribution in [0.15, 0.2) is 42.5 Å². The van der Waals surface area contributed by atoms with Crippen LogP contribution in [-0.2, 0) is 0 Å². The summed E-state index contributed by atoms with van der Waals surface area (Å²) < 4.78 is 0. The quantitative estimate of drug-likeness (QED) is 0.474. The largest absolute Gasteiger partial charge is 0.349 e. The van der Waals surface area contributed by atoms with E-state index >= 15 is 0 Å². The van der Waals surface area contributed by atoms with Crippen molar-refractivity contribution in [3.8, 4) is 0 Å². The Labute approximate surface area is 192 Å². The number of hydrogen-bond donors (Lipinski definition) is 2. The van der Waals surface area contributed by atoms with Gasteiger partial charge in [-0.3, -0.25) is 19.7 Å². The van der Waals surface area contributed by atoms with Crippen molar-refractivity contribution in [3.63, 3.8) is 0 Å². The van der Waals surface area contributed by atoms with Crippen molar-refractivity contribution < 1.29 is 14.5 Å². The Morgan fingerprint density at radius 1 is 1.12 bits per heavy atom. The van der Waals surface area contributed by atoms with Crippen LogP contribution >= 0.6 is 11.6 Å². The number of nitro benzene ring substituents is 1. The first-order valence-electron chi connectivity index (χ1n) is 10.6. The van der Waals surface area contributed by atoms with E-state index in [-0.39, 0.29) is 28.2 Å². The van der Waals surface area contributed by atoms with E-state index in [1.54, 1.807) is 24.3 Å². The number of benzene rings is 2. The zero-order valence-corrected chi connectivity index (χ0v) is 18.9. The molecule has 1 aliphatic heterocycles. The molecule has 0 unspecified atom stereocenters. The predicted octanol–water partition coefficient (Wildman–Crippen LogP) is 4.35. The Bertz CT molecular complexity index is 1000. The SMILES string of the molecule is CC(C)CN1CCC(NC(=O)c2ccccc2NC(=O)c2ccc([N+](=O)[O-])cc2Cl)CC1. The molecule has 1 fully saturated rings. The lowest BCUT2D eigenvalue weighted by molar-refractivity contribution is -0.384. The van der Waals surface area contributed by atoms with E-state index in [1.807, 2.05) is 0 Å². The van der Waals surface area contributed by atoms with Crippen LogP contribution in [0.1, 0.15) is 47.4 Å².